The van der Waals surface area contributed by atoms with Gasteiger partial charge in [-0.3, -0.25) is 4.79 Å². The van der Waals surface area contributed by atoms with Crippen LogP contribution in [0.5, 0.6) is 0 Å². The number of hydrogen-bond donors (Lipinski definition) is 1. The summed E-state index contributed by atoms with van der Waals surface area (Å²) in [5.74, 6) is -0.0901. The Hall–Kier alpha value is -2.57. The average molecular weight is 492 g/mol. The average Bonchev–Trinajstić information content (AvgIpc) is 3.18. The topological polar surface area (TPSA) is 59.8 Å². The summed E-state index contributed by atoms with van der Waals surface area (Å²) in [7, 11) is 0. The van der Waals surface area contributed by atoms with Crippen molar-refractivity contribution in [2.75, 3.05) is 5.32 Å². The summed E-state index contributed by atoms with van der Waals surface area (Å²) in [5.41, 5.74) is 2.72. The van der Waals surface area contributed by atoms with Crippen molar-refractivity contribution in [3.05, 3.63) is 92.1 Å². The number of carbonyl (C=O) groups is 1. The molecule has 0 aliphatic carbocycles. The Balaban J connectivity index is 1.77. The van der Waals surface area contributed by atoms with E-state index in [0.29, 0.717) is 42.9 Å². The molecule has 0 fully saturated rings. The second-order valence-corrected chi connectivity index (χ2v) is 8.36. The third kappa shape index (κ3) is 4.70. The highest BCUT2D eigenvalue weighted by atomic mass is 35.5. The van der Waals surface area contributed by atoms with E-state index in [-0.39, 0.29) is 5.82 Å². The van der Waals surface area contributed by atoms with Gasteiger partial charge in [0, 0.05) is 21.3 Å². The maximum absolute atomic E-state index is 12.9. The van der Waals surface area contributed by atoms with Crippen LogP contribution in [-0.2, 0) is 0 Å². The molecule has 5 nitrogen and oxygen atoms in total. The van der Waals surface area contributed by atoms with Crippen molar-refractivity contribution in [2.24, 2.45) is 0 Å². The number of hydrogen-bond acceptors (Lipinski definition) is 3. The minimum Gasteiger partial charge on any atom is -0.319 e. The van der Waals surface area contributed by atoms with E-state index >= 15 is 0 Å². The van der Waals surface area contributed by atoms with Crippen molar-refractivity contribution in [3.8, 4) is 17.1 Å². The molecule has 0 bridgehead atoms. The highest BCUT2D eigenvalue weighted by Gasteiger charge is 2.20. The lowest BCUT2D eigenvalue weighted by molar-refractivity contribution is 0.101. The SMILES string of the molecule is Cc1ccc(NC(=O)c2nc(-c3cccc(Cl)c3)n(-c3ccc(Cl)c(Cl)c3)n2)cc1Cl. The summed E-state index contributed by atoms with van der Waals surface area (Å²) in [6.07, 6.45) is 0. The molecule has 4 rings (SSSR count). The number of rotatable bonds is 4. The maximum atomic E-state index is 12.9. The largest absolute Gasteiger partial charge is 0.319 e. The number of nitrogens with zero attached hydrogens (tertiary/aromatic N) is 3. The van der Waals surface area contributed by atoms with Crippen LogP contribution in [-0.4, -0.2) is 20.7 Å². The van der Waals surface area contributed by atoms with Crippen LogP contribution in [0.4, 0.5) is 5.69 Å². The standard InChI is InChI=1S/C22H14Cl4N4O/c1-12-5-6-15(10-18(12)25)27-22(31)20-28-21(13-3-2-4-14(23)9-13)30(29-20)16-7-8-17(24)19(26)11-16/h2-11H,1H3,(H,27,31). The summed E-state index contributed by atoms with van der Waals surface area (Å²) in [6, 6.07) is 17.4. The molecule has 1 N–H and O–H groups in total. The Morgan fingerprint density at radius 1 is 0.903 bits per heavy atom. The summed E-state index contributed by atoms with van der Waals surface area (Å²) in [6.45, 7) is 1.88. The molecule has 1 amide bonds. The molecule has 0 unspecified atom stereocenters. The van der Waals surface area contributed by atoms with Crippen LogP contribution in [0.15, 0.2) is 60.7 Å². The van der Waals surface area contributed by atoms with Crippen molar-refractivity contribution in [1.82, 2.24) is 14.8 Å². The van der Waals surface area contributed by atoms with E-state index < -0.39 is 5.91 Å². The molecule has 1 heterocycles. The number of aryl methyl sites for hydroxylation is 1. The van der Waals surface area contributed by atoms with Gasteiger partial charge < -0.3 is 5.32 Å². The zero-order chi connectivity index (χ0) is 22.1. The van der Waals surface area contributed by atoms with Crippen molar-refractivity contribution < 1.29 is 4.79 Å². The van der Waals surface area contributed by atoms with E-state index in [0.717, 1.165) is 5.56 Å². The lowest BCUT2D eigenvalue weighted by Gasteiger charge is -2.07. The normalized spacial score (nSPS) is 10.9. The van der Waals surface area contributed by atoms with E-state index in [1.165, 1.54) is 4.68 Å². The molecule has 0 saturated heterocycles. The number of halogens is 4. The van der Waals surface area contributed by atoms with E-state index in [4.69, 9.17) is 46.4 Å². The van der Waals surface area contributed by atoms with Gasteiger partial charge in [0.1, 0.15) is 0 Å². The molecule has 0 atom stereocenters. The predicted molar refractivity (Wildman–Crippen MR) is 126 cm³/mol. The van der Waals surface area contributed by atoms with Gasteiger partial charge in [-0.25, -0.2) is 9.67 Å². The first-order valence-electron chi connectivity index (χ1n) is 9.08. The quantitative estimate of drug-likeness (QED) is 0.331. The third-order valence-corrected chi connectivity index (χ3v) is 5.85. The Morgan fingerprint density at radius 2 is 1.71 bits per heavy atom. The summed E-state index contributed by atoms with van der Waals surface area (Å²) in [5, 5.41) is 9.01. The lowest BCUT2D eigenvalue weighted by atomic mass is 10.2. The van der Waals surface area contributed by atoms with Crippen LogP contribution in [0.2, 0.25) is 20.1 Å². The van der Waals surface area contributed by atoms with Crippen molar-refractivity contribution in [1.29, 1.82) is 0 Å². The molecule has 0 radical (unpaired) electrons. The Morgan fingerprint density at radius 3 is 2.42 bits per heavy atom. The van der Waals surface area contributed by atoms with Gasteiger partial charge in [-0.1, -0.05) is 64.6 Å². The van der Waals surface area contributed by atoms with Gasteiger partial charge in [0.05, 0.1) is 15.7 Å². The van der Waals surface area contributed by atoms with Crippen LogP contribution < -0.4 is 5.32 Å². The molecule has 1 aromatic heterocycles. The second kappa shape index (κ2) is 8.89. The van der Waals surface area contributed by atoms with Crippen LogP contribution in [0, 0.1) is 6.92 Å². The fourth-order valence-electron chi connectivity index (χ4n) is 2.88. The van der Waals surface area contributed by atoms with Gasteiger partial charge in [0.2, 0.25) is 5.82 Å². The van der Waals surface area contributed by atoms with Gasteiger partial charge in [-0.15, -0.1) is 5.10 Å². The van der Waals surface area contributed by atoms with E-state index in [9.17, 15) is 4.79 Å². The summed E-state index contributed by atoms with van der Waals surface area (Å²) < 4.78 is 1.52. The number of aromatic nitrogens is 3. The zero-order valence-electron chi connectivity index (χ0n) is 16.0. The van der Waals surface area contributed by atoms with Gasteiger partial charge >= 0.3 is 0 Å². The molecular formula is C22H14Cl4N4O. The monoisotopic (exact) mass is 490 g/mol. The predicted octanol–water partition coefficient (Wildman–Crippen LogP) is 7.11. The van der Waals surface area contributed by atoms with Crippen molar-refractivity contribution in [2.45, 2.75) is 6.92 Å². The van der Waals surface area contributed by atoms with E-state index in [1.54, 1.807) is 48.5 Å². The molecule has 0 aliphatic heterocycles. The van der Waals surface area contributed by atoms with Gasteiger partial charge in [0.25, 0.3) is 5.91 Å². The Bertz CT molecular complexity index is 1300. The zero-order valence-corrected chi connectivity index (χ0v) is 19.1. The molecular weight excluding hydrogens is 478 g/mol. The lowest BCUT2D eigenvalue weighted by Crippen LogP contribution is -2.14. The van der Waals surface area contributed by atoms with Gasteiger partial charge in [-0.05, 0) is 55.0 Å². The second-order valence-electron chi connectivity index (χ2n) is 6.70. The number of nitrogens with one attached hydrogen (secondary N) is 1. The fourth-order valence-corrected chi connectivity index (χ4v) is 3.54. The molecule has 3 aromatic carbocycles. The Kier molecular flexibility index (Phi) is 6.21. The van der Waals surface area contributed by atoms with Crippen molar-refractivity contribution >= 4 is 58.0 Å². The number of amides is 1. The number of anilines is 1. The van der Waals surface area contributed by atoms with E-state index in [1.807, 2.05) is 19.1 Å². The fraction of sp³-hybridized carbons (Fsp3) is 0.0455. The third-order valence-electron chi connectivity index (χ3n) is 4.47. The van der Waals surface area contributed by atoms with Crippen LogP contribution in [0.1, 0.15) is 16.2 Å². The van der Waals surface area contributed by atoms with Crippen LogP contribution >= 0.6 is 46.4 Å². The highest BCUT2D eigenvalue weighted by molar-refractivity contribution is 6.42. The summed E-state index contributed by atoms with van der Waals surface area (Å²) >= 11 is 24.5. The molecule has 0 saturated carbocycles. The molecule has 4 aromatic rings. The first-order valence-corrected chi connectivity index (χ1v) is 10.6. The minimum atomic E-state index is -0.484. The molecule has 156 valence electrons. The highest BCUT2D eigenvalue weighted by Crippen LogP contribution is 2.28. The number of carbonyl (C=O) groups excluding carboxylic acids is 1. The van der Waals surface area contributed by atoms with Crippen LogP contribution in [0.25, 0.3) is 17.1 Å². The summed E-state index contributed by atoms with van der Waals surface area (Å²) in [4.78, 5) is 17.3. The molecule has 0 spiro atoms. The molecule has 31 heavy (non-hydrogen) atoms. The van der Waals surface area contributed by atoms with Crippen molar-refractivity contribution in [3.63, 3.8) is 0 Å². The number of benzene rings is 3. The Labute approximate surface area is 198 Å². The minimum absolute atomic E-state index is 0.0299. The maximum Gasteiger partial charge on any atom is 0.295 e. The van der Waals surface area contributed by atoms with Gasteiger partial charge in [0.15, 0.2) is 5.82 Å². The van der Waals surface area contributed by atoms with E-state index in [2.05, 4.69) is 15.4 Å². The molecule has 9 heteroatoms. The molecule has 0 aliphatic rings. The smallest absolute Gasteiger partial charge is 0.295 e. The first kappa shape index (κ1) is 21.7. The van der Waals surface area contributed by atoms with Crippen LogP contribution in [0.3, 0.4) is 0 Å². The first-order chi connectivity index (χ1) is 14.8. The van der Waals surface area contributed by atoms with Gasteiger partial charge in [-0.2, -0.15) is 0 Å².